The summed E-state index contributed by atoms with van der Waals surface area (Å²) in [7, 11) is 1.49. The van der Waals surface area contributed by atoms with Crippen molar-refractivity contribution in [2.75, 3.05) is 7.11 Å². The zero-order valence-electron chi connectivity index (χ0n) is 8.54. The van der Waals surface area contributed by atoms with Gasteiger partial charge in [0.15, 0.2) is 12.2 Å². The van der Waals surface area contributed by atoms with Gasteiger partial charge in [0.2, 0.25) is 0 Å². The minimum Gasteiger partial charge on any atom is -0.496 e. The first-order chi connectivity index (χ1) is 7.77. The topological polar surface area (TPSA) is 35.3 Å². The van der Waals surface area contributed by atoms with Crippen LogP contribution in [0.2, 0.25) is 0 Å². The van der Waals surface area contributed by atoms with Crippen LogP contribution in [0.4, 0.5) is 4.39 Å². The van der Waals surface area contributed by atoms with E-state index in [0.717, 1.165) is 0 Å². The number of oxazole rings is 1. The third-order valence-corrected chi connectivity index (χ3v) is 2.72. The summed E-state index contributed by atoms with van der Waals surface area (Å²) in [4.78, 5) is 3.99. The zero-order chi connectivity index (χ0) is 11.5. The average Bonchev–Trinajstić information content (AvgIpc) is 2.76. The zero-order valence-corrected chi connectivity index (χ0v) is 10.1. The Morgan fingerprint density at radius 3 is 3.00 bits per heavy atom. The van der Waals surface area contributed by atoms with Crippen molar-refractivity contribution in [1.29, 1.82) is 0 Å². The largest absolute Gasteiger partial charge is 0.496 e. The number of benzene rings is 1. The molecule has 0 saturated heterocycles. The Kier molecular flexibility index (Phi) is 3.24. The molecule has 0 radical (unpaired) electrons. The van der Waals surface area contributed by atoms with Gasteiger partial charge in [-0.15, -0.1) is 0 Å². The number of alkyl halides is 1. The van der Waals surface area contributed by atoms with Crippen molar-refractivity contribution in [3.05, 3.63) is 36.1 Å². The molecule has 1 aromatic heterocycles. The Bertz CT molecular complexity index is 498. The number of hydrogen-bond donors (Lipinski definition) is 0. The molecule has 84 valence electrons. The molecule has 16 heavy (non-hydrogen) atoms. The molecular weight excluding hydrogens is 277 g/mol. The molecule has 0 saturated carbocycles. The fourth-order valence-corrected chi connectivity index (χ4v) is 1.86. The van der Waals surface area contributed by atoms with Gasteiger partial charge in [-0.2, -0.15) is 0 Å². The molecule has 0 N–H and O–H groups in total. The minimum atomic E-state index is -0.390. The standard InChI is InChI=1S/C11H9BrFNO2/c1-15-9-4-2-3-7(13)10(9)11-8(5-12)14-6-16-11/h2-4,6H,5H2,1H3. The van der Waals surface area contributed by atoms with Crippen LogP contribution < -0.4 is 4.74 Å². The lowest BCUT2D eigenvalue weighted by atomic mass is 10.1. The second-order valence-corrected chi connectivity index (χ2v) is 3.64. The van der Waals surface area contributed by atoms with Gasteiger partial charge in [-0.1, -0.05) is 22.0 Å². The number of hydrogen-bond acceptors (Lipinski definition) is 3. The molecule has 0 unspecified atom stereocenters. The number of ether oxygens (including phenoxy) is 1. The lowest BCUT2D eigenvalue weighted by molar-refractivity contribution is 0.411. The third kappa shape index (κ3) is 1.82. The van der Waals surface area contributed by atoms with E-state index in [0.29, 0.717) is 28.1 Å². The van der Waals surface area contributed by atoms with Crippen molar-refractivity contribution in [2.24, 2.45) is 0 Å². The summed E-state index contributed by atoms with van der Waals surface area (Å²) >= 11 is 3.27. The van der Waals surface area contributed by atoms with Gasteiger partial charge in [-0.3, -0.25) is 0 Å². The maximum atomic E-state index is 13.7. The van der Waals surface area contributed by atoms with E-state index in [-0.39, 0.29) is 0 Å². The van der Waals surface area contributed by atoms with Gasteiger partial charge < -0.3 is 9.15 Å². The second-order valence-electron chi connectivity index (χ2n) is 3.08. The minimum absolute atomic E-state index is 0.303. The molecule has 0 aliphatic carbocycles. The summed E-state index contributed by atoms with van der Waals surface area (Å²) in [6, 6.07) is 4.62. The van der Waals surface area contributed by atoms with Crippen molar-refractivity contribution < 1.29 is 13.5 Å². The Labute approximate surface area is 100 Å². The van der Waals surface area contributed by atoms with Crippen LogP contribution in [0.25, 0.3) is 11.3 Å². The average molecular weight is 286 g/mol. The molecule has 0 bridgehead atoms. The molecule has 5 heteroatoms. The number of nitrogens with zero attached hydrogens (tertiary/aromatic N) is 1. The first-order valence-corrected chi connectivity index (χ1v) is 5.71. The SMILES string of the molecule is COc1cccc(F)c1-c1ocnc1CBr. The van der Waals surface area contributed by atoms with Crippen molar-refractivity contribution in [1.82, 2.24) is 4.98 Å². The number of aromatic nitrogens is 1. The smallest absolute Gasteiger partial charge is 0.181 e. The molecule has 1 aromatic carbocycles. The van der Waals surface area contributed by atoms with E-state index in [1.807, 2.05) is 0 Å². The summed E-state index contributed by atoms with van der Waals surface area (Å²) in [6.07, 6.45) is 1.29. The van der Waals surface area contributed by atoms with Crippen molar-refractivity contribution >= 4 is 15.9 Å². The van der Waals surface area contributed by atoms with E-state index >= 15 is 0 Å². The summed E-state index contributed by atoms with van der Waals surface area (Å²) in [5, 5.41) is 0.496. The number of rotatable bonds is 3. The molecule has 2 rings (SSSR count). The molecule has 3 nitrogen and oxygen atoms in total. The maximum Gasteiger partial charge on any atom is 0.181 e. The molecule has 0 amide bonds. The van der Waals surface area contributed by atoms with Gasteiger partial charge in [0.25, 0.3) is 0 Å². The first kappa shape index (κ1) is 11.1. The Balaban J connectivity index is 2.63. The van der Waals surface area contributed by atoms with Crippen molar-refractivity contribution in [3.8, 4) is 17.1 Å². The summed E-state index contributed by atoms with van der Waals surface area (Å²) in [5.74, 6) is 0.434. The molecule has 0 fully saturated rings. The Morgan fingerprint density at radius 2 is 2.31 bits per heavy atom. The molecule has 0 aliphatic heterocycles. The summed E-state index contributed by atoms with van der Waals surface area (Å²) in [5.41, 5.74) is 0.945. The van der Waals surface area contributed by atoms with Crippen molar-refractivity contribution in [3.63, 3.8) is 0 Å². The molecule has 0 atom stereocenters. The van der Waals surface area contributed by atoms with E-state index in [1.165, 1.54) is 19.6 Å². The summed E-state index contributed by atoms with van der Waals surface area (Å²) in [6.45, 7) is 0. The quantitative estimate of drug-likeness (QED) is 0.811. The maximum absolute atomic E-state index is 13.7. The fraction of sp³-hybridized carbons (Fsp3) is 0.182. The van der Waals surface area contributed by atoms with E-state index in [1.54, 1.807) is 12.1 Å². The van der Waals surface area contributed by atoms with Crippen LogP contribution in [-0.4, -0.2) is 12.1 Å². The second kappa shape index (κ2) is 4.65. The van der Waals surface area contributed by atoms with E-state index in [9.17, 15) is 4.39 Å². The lowest BCUT2D eigenvalue weighted by Gasteiger charge is -2.07. The molecule has 0 aliphatic rings. The van der Waals surface area contributed by atoms with Gasteiger partial charge in [0, 0.05) is 5.33 Å². The molecular formula is C11H9BrFNO2. The fourth-order valence-electron chi connectivity index (χ4n) is 1.46. The van der Waals surface area contributed by atoms with Crippen molar-refractivity contribution in [2.45, 2.75) is 5.33 Å². The third-order valence-electron chi connectivity index (χ3n) is 2.19. The van der Waals surface area contributed by atoms with E-state index in [2.05, 4.69) is 20.9 Å². The van der Waals surface area contributed by atoms with Gasteiger partial charge in [-0.25, -0.2) is 9.37 Å². The predicted octanol–water partition coefficient (Wildman–Crippen LogP) is 3.38. The van der Waals surface area contributed by atoms with E-state index in [4.69, 9.17) is 9.15 Å². The summed E-state index contributed by atoms with van der Waals surface area (Å²) < 4.78 is 24.0. The van der Waals surface area contributed by atoms with Crippen LogP contribution in [-0.2, 0) is 5.33 Å². The van der Waals surface area contributed by atoms with Crippen LogP contribution in [0.3, 0.4) is 0 Å². The Morgan fingerprint density at radius 1 is 1.50 bits per heavy atom. The van der Waals surface area contributed by atoms with Crippen LogP contribution >= 0.6 is 15.9 Å². The van der Waals surface area contributed by atoms with Gasteiger partial charge in [0.05, 0.1) is 18.4 Å². The number of methoxy groups -OCH3 is 1. The highest BCUT2D eigenvalue weighted by molar-refractivity contribution is 9.08. The van der Waals surface area contributed by atoms with E-state index < -0.39 is 5.82 Å². The molecule has 1 heterocycles. The lowest BCUT2D eigenvalue weighted by Crippen LogP contribution is -1.92. The highest BCUT2D eigenvalue weighted by Gasteiger charge is 2.18. The normalized spacial score (nSPS) is 10.4. The molecule has 0 spiro atoms. The highest BCUT2D eigenvalue weighted by atomic mass is 79.9. The monoisotopic (exact) mass is 285 g/mol. The van der Waals surface area contributed by atoms with Gasteiger partial charge in [-0.05, 0) is 12.1 Å². The van der Waals surface area contributed by atoms with Gasteiger partial charge >= 0.3 is 0 Å². The van der Waals surface area contributed by atoms with Crippen LogP contribution in [0.5, 0.6) is 5.75 Å². The Hall–Kier alpha value is -1.36. The molecule has 2 aromatic rings. The van der Waals surface area contributed by atoms with Gasteiger partial charge in [0.1, 0.15) is 11.6 Å². The highest BCUT2D eigenvalue weighted by Crippen LogP contribution is 2.34. The number of halogens is 2. The predicted molar refractivity (Wildman–Crippen MR) is 61.1 cm³/mol. The first-order valence-electron chi connectivity index (χ1n) is 4.59. The van der Waals surface area contributed by atoms with Crippen LogP contribution in [0, 0.1) is 5.82 Å². The van der Waals surface area contributed by atoms with Crippen LogP contribution in [0.1, 0.15) is 5.69 Å². The van der Waals surface area contributed by atoms with Crippen LogP contribution in [0.15, 0.2) is 29.0 Å².